The highest BCUT2D eigenvalue weighted by molar-refractivity contribution is 9.10. The lowest BCUT2D eigenvalue weighted by atomic mass is 10.3. The first-order valence-electron chi connectivity index (χ1n) is 8.33. The normalized spacial score (nSPS) is 10.9. The molecule has 154 valence electrons. The highest BCUT2D eigenvalue weighted by atomic mass is 79.9. The van der Waals surface area contributed by atoms with E-state index in [1.165, 1.54) is 36.2 Å². The van der Waals surface area contributed by atoms with Gasteiger partial charge in [-0.1, -0.05) is 35.5 Å². The molecule has 11 heteroatoms. The summed E-state index contributed by atoms with van der Waals surface area (Å²) < 4.78 is 11.6. The van der Waals surface area contributed by atoms with Crippen molar-refractivity contribution in [1.82, 2.24) is 5.43 Å². The molecule has 0 saturated heterocycles. The number of nitro groups is 1. The minimum atomic E-state index is -0.584. The van der Waals surface area contributed by atoms with Gasteiger partial charge in [-0.15, -0.1) is 0 Å². The van der Waals surface area contributed by atoms with Gasteiger partial charge in [0.25, 0.3) is 5.91 Å². The molecule has 1 N–H and O–H groups in total. The van der Waals surface area contributed by atoms with Crippen LogP contribution in [0, 0.1) is 10.1 Å². The lowest BCUT2D eigenvalue weighted by Gasteiger charge is -2.05. The van der Waals surface area contributed by atoms with E-state index in [4.69, 9.17) is 20.8 Å². The molecular formula is C19H13BrClN3O5S. The maximum Gasteiger partial charge on any atom is 0.310 e. The van der Waals surface area contributed by atoms with Crippen molar-refractivity contribution >= 4 is 57.1 Å². The Balaban J connectivity index is 1.53. The molecule has 8 nitrogen and oxygen atoms in total. The average Bonchev–Trinajstić information content (AvgIpc) is 3.07. The van der Waals surface area contributed by atoms with Gasteiger partial charge in [-0.3, -0.25) is 14.9 Å². The minimum absolute atomic E-state index is 0.000427. The highest BCUT2D eigenvalue weighted by Gasteiger charge is 2.15. The molecule has 0 aliphatic rings. The summed E-state index contributed by atoms with van der Waals surface area (Å²) in [6.45, 7) is -0.429. The number of furan rings is 1. The molecule has 0 bridgehead atoms. The number of rotatable bonds is 8. The van der Waals surface area contributed by atoms with Crippen LogP contribution in [-0.2, 0) is 4.79 Å². The van der Waals surface area contributed by atoms with Crippen LogP contribution in [0.25, 0.3) is 0 Å². The van der Waals surface area contributed by atoms with Crippen molar-refractivity contribution in [1.29, 1.82) is 0 Å². The largest absolute Gasteiger partial charge is 0.477 e. The number of halogens is 2. The zero-order valence-electron chi connectivity index (χ0n) is 15.1. The van der Waals surface area contributed by atoms with E-state index in [0.717, 1.165) is 9.37 Å². The van der Waals surface area contributed by atoms with Gasteiger partial charge in [-0.25, -0.2) is 5.43 Å². The lowest BCUT2D eigenvalue weighted by Crippen LogP contribution is -2.24. The fourth-order valence-electron chi connectivity index (χ4n) is 2.19. The lowest BCUT2D eigenvalue weighted by molar-refractivity contribution is -0.385. The number of ether oxygens (including phenoxy) is 1. The Kier molecular flexibility index (Phi) is 7.50. The molecular weight excluding hydrogens is 498 g/mol. The number of carbonyl (C=O) groups excluding carboxylic acids is 1. The molecule has 0 saturated carbocycles. The summed E-state index contributed by atoms with van der Waals surface area (Å²) in [4.78, 5) is 23.1. The van der Waals surface area contributed by atoms with Gasteiger partial charge >= 0.3 is 5.69 Å². The molecule has 2 aromatic carbocycles. The van der Waals surface area contributed by atoms with E-state index in [1.54, 1.807) is 24.3 Å². The number of carbonyl (C=O) groups is 1. The third kappa shape index (κ3) is 6.09. The third-order valence-electron chi connectivity index (χ3n) is 3.50. The number of amides is 1. The molecule has 0 spiro atoms. The summed E-state index contributed by atoms with van der Waals surface area (Å²) >= 11 is 10.7. The smallest absolute Gasteiger partial charge is 0.310 e. The van der Waals surface area contributed by atoms with Gasteiger partial charge < -0.3 is 9.15 Å². The van der Waals surface area contributed by atoms with Crippen LogP contribution in [-0.4, -0.2) is 23.7 Å². The second kappa shape index (κ2) is 10.3. The SMILES string of the molecule is O=C(COc1ccccc1[N+](=O)[O-])N/N=C/c1cc(Br)c(Sc2ccc(Cl)cc2)o1. The first-order chi connectivity index (χ1) is 14.4. The molecule has 1 heterocycles. The second-order valence-electron chi connectivity index (χ2n) is 5.65. The fourth-order valence-corrected chi connectivity index (χ4v) is 3.64. The number of nitro benzene ring substituents is 1. The van der Waals surface area contributed by atoms with E-state index in [2.05, 4.69) is 26.5 Å². The quantitative estimate of drug-likeness (QED) is 0.251. The van der Waals surface area contributed by atoms with Gasteiger partial charge in [-0.2, -0.15) is 5.10 Å². The second-order valence-corrected chi connectivity index (χ2v) is 7.98. The molecule has 0 radical (unpaired) electrons. The van der Waals surface area contributed by atoms with Crippen LogP contribution in [0.4, 0.5) is 5.69 Å². The van der Waals surface area contributed by atoms with Crippen molar-refractivity contribution in [3.05, 3.63) is 80.0 Å². The monoisotopic (exact) mass is 509 g/mol. The zero-order valence-corrected chi connectivity index (χ0v) is 18.2. The van der Waals surface area contributed by atoms with E-state index in [0.29, 0.717) is 15.9 Å². The van der Waals surface area contributed by atoms with Crippen LogP contribution in [0.15, 0.2) is 78.6 Å². The summed E-state index contributed by atoms with van der Waals surface area (Å²) in [7, 11) is 0. The van der Waals surface area contributed by atoms with Gasteiger partial charge in [0.2, 0.25) is 0 Å². The predicted octanol–water partition coefficient (Wildman–Crippen LogP) is 5.28. The molecule has 0 aliphatic heterocycles. The summed E-state index contributed by atoms with van der Waals surface area (Å²) in [5, 5.41) is 16.0. The fraction of sp³-hybridized carbons (Fsp3) is 0.0526. The van der Waals surface area contributed by atoms with Crippen molar-refractivity contribution in [3.63, 3.8) is 0 Å². The van der Waals surface area contributed by atoms with Crippen LogP contribution in [0.2, 0.25) is 5.02 Å². The first kappa shape index (κ1) is 21.9. The van der Waals surface area contributed by atoms with E-state index in [9.17, 15) is 14.9 Å². The van der Waals surface area contributed by atoms with Gasteiger partial charge in [0.05, 0.1) is 15.6 Å². The maximum atomic E-state index is 11.9. The molecule has 0 unspecified atom stereocenters. The number of hydrogen-bond donors (Lipinski definition) is 1. The molecule has 30 heavy (non-hydrogen) atoms. The Labute approximate surface area is 188 Å². The number of nitrogens with zero attached hydrogens (tertiary/aromatic N) is 2. The number of hydrogen-bond acceptors (Lipinski definition) is 7. The molecule has 0 aliphatic carbocycles. The van der Waals surface area contributed by atoms with E-state index >= 15 is 0 Å². The number of nitrogens with one attached hydrogen (secondary N) is 1. The van der Waals surface area contributed by atoms with Crippen LogP contribution >= 0.6 is 39.3 Å². The van der Waals surface area contributed by atoms with Crippen molar-refractivity contribution in [2.45, 2.75) is 9.99 Å². The van der Waals surface area contributed by atoms with E-state index in [-0.39, 0.29) is 11.4 Å². The Morgan fingerprint density at radius 1 is 1.30 bits per heavy atom. The maximum absolute atomic E-state index is 11.9. The van der Waals surface area contributed by atoms with Gasteiger partial charge in [-0.05, 0) is 46.3 Å². The Hall–Kier alpha value is -2.82. The van der Waals surface area contributed by atoms with Crippen molar-refractivity contribution in [2.24, 2.45) is 5.10 Å². The summed E-state index contributed by atoms with van der Waals surface area (Å²) in [6.07, 6.45) is 1.33. The van der Waals surface area contributed by atoms with Gasteiger partial charge in [0.15, 0.2) is 17.4 Å². The molecule has 1 amide bonds. The van der Waals surface area contributed by atoms with Crippen LogP contribution < -0.4 is 10.2 Å². The Morgan fingerprint density at radius 2 is 2.03 bits per heavy atom. The molecule has 0 fully saturated rings. The van der Waals surface area contributed by atoms with Crippen LogP contribution in [0.1, 0.15) is 5.76 Å². The molecule has 3 aromatic rings. The van der Waals surface area contributed by atoms with Crippen LogP contribution in [0.5, 0.6) is 5.75 Å². The van der Waals surface area contributed by atoms with Crippen molar-refractivity contribution in [2.75, 3.05) is 6.61 Å². The topological polar surface area (TPSA) is 107 Å². The molecule has 0 atom stereocenters. The van der Waals surface area contributed by atoms with Crippen LogP contribution in [0.3, 0.4) is 0 Å². The number of benzene rings is 2. The predicted molar refractivity (Wildman–Crippen MR) is 116 cm³/mol. The van der Waals surface area contributed by atoms with Crippen molar-refractivity contribution < 1.29 is 18.9 Å². The average molecular weight is 511 g/mol. The first-order valence-corrected chi connectivity index (χ1v) is 10.3. The minimum Gasteiger partial charge on any atom is -0.477 e. The van der Waals surface area contributed by atoms with E-state index in [1.807, 2.05) is 12.1 Å². The molecule has 1 aromatic heterocycles. The van der Waals surface area contributed by atoms with Crippen molar-refractivity contribution in [3.8, 4) is 5.75 Å². The van der Waals surface area contributed by atoms with E-state index < -0.39 is 17.4 Å². The number of para-hydroxylation sites is 2. The third-order valence-corrected chi connectivity index (χ3v) is 5.60. The Bertz CT molecular complexity index is 1090. The Morgan fingerprint density at radius 3 is 2.77 bits per heavy atom. The summed E-state index contributed by atoms with van der Waals surface area (Å²) in [5.74, 6) is -0.162. The summed E-state index contributed by atoms with van der Waals surface area (Å²) in [6, 6.07) is 14.8. The van der Waals surface area contributed by atoms with Gasteiger partial charge in [0.1, 0.15) is 5.76 Å². The number of hydrazone groups is 1. The zero-order chi connectivity index (χ0) is 21.5. The highest BCUT2D eigenvalue weighted by Crippen LogP contribution is 2.36. The summed E-state index contributed by atoms with van der Waals surface area (Å²) in [5.41, 5.74) is 2.05. The molecule has 3 rings (SSSR count). The standard InChI is InChI=1S/C19H13BrClN3O5S/c20-15-9-13(29-19(15)30-14-7-5-12(21)6-8-14)10-22-23-18(25)11-28-17-4-2-1-3-16(17)24(26)27/h1-10H,11H2,(H,23,25)/b22-10+. The van der Waals surface area contributed by atoms with Gasteiger partial charge in [0, 0.05) is 22.1 Å².